The number of carbonyl (C=O) groups is 1. The third-order valence-electron chi connectivity index (χ3n) is 5.66. The molecule has 3 nitrogen and oxygen atoms in total. The summed E-state index contributed by atoms with van der Waals surface area (Å²) in [6.07, 6.45) is 0.901. The number of amides is 1. The lowest BCUT2D eigenvalue weighted by Crippen LogP contribution is -2.21. The van der Waals surface area contributed by atoms with Crippen LogP contribution in [0.5, 0.6) is 0 Å². The number of benzene rings is 2. The topological polar surface area (TPSA) is 41.5 Å². The van der Waals surface area contributed by atoms with Gasteiger partial charge in [-0.05, 0) is 52.8 Å². The molecule has 0 aliphatic heterocycles. The summed E-state index contributed by atoms with van der Waals surface area (Å²) in [5.41, 5.74) is 8.66. The first-order valence-electron chi connectivity index (χ1n) is 10.2. The molecule has 1 fully saturated rings. The van der Waals surface area contributed by atoms with Crippen molar-refractivity contribution in [2.75, 3.05) is 0 Å². The highest BCUT2D eigenvalue weighted by Gasteiger charge is 2.44. The lowest BCUT2D eigenvalue weighted by Gasteiger charge is -2.19. The molecular weight excluding hydrogens is 344 g/mol. The predicted octanol–water partition coefficient (Wildman–Crippen LogP) is 5.75. The zero-order chi connectivity index (χ0) is 20.5. The highest BCUT2D eigenvalue weighted by molar-refractivity contribution is 5.99. The van der Waals surface area contributed by atoms with E-state index in [1.807, 2.05) is 6.92 Å². The van der Waals surface area contributed by atoms with Gasteiger partial charge in [0, 0.05) is 5.92 Å². The zero-order valence-corrected chi connectivity index (χ0v) is 17.9. The lowest BCUT2D eigenvalue weighted by atomic mass is 9.86. The van der Waals surface area contributed by atoms with Crippen LogP contribution in [-0.4, -0.2) is 11.6 Å². The maximum absolute atomic E-state index is 12.5. The molecule has 1 saturated carbocycles. The van der Waals surface area contributed by atoms with E-state index in [-0.39, 0.29) is 17.2 Å². The third-order valence-corrected chi connectivity index (χ3v) is 5.66. The van der Waals surface area contributed by atoms with Gasteiger partial charge >= 0.3 is 0 Å². The normalized spacial score (nSPS) is 19.6. The van der Waals surface area contributed by atoms with Gasteiger partial charge in [-0.25, -0.2) is 5.43 Å². The quantitative estimate of drug-likeness (QED) is 0.524. The van der Waals surface area contributed by atoms with E-state index in [9.17, 15) is 4.79 Å². The number of hydrogen-bond donors (Lipinski definition) is 1. The Morgan fingerprint density at radius 3 is 2.18 bits per heavy atom. The lowest BCUT2D eigenvalue weighted by molar-refractivity contribution is -0.122. The standard InChI is InChI=1S/C25H32N2O/c1-16(2)18-7-9-19(10-8-18)17(3)26-27-24(28)23-15-22(23)20-11-13-21(14-12-20)25(4,5)6/h7-14,16,22-23H,15H2,1-6H3,(H,27,28). The third kappa shape index (κ3) is 4.70. The first kappa shape index (κ1) is 20.3. The van der Waals surface area contributed by atoms with Gasteiger partial charge < -0.3 is 0 Å². The molecule has 0 heterocycles. The Hall–Kier alpha value is -2.42. The number of carbonyl (C=O) groups excluding carboxylic acids is 1. The van der Waals surface area contributed by atoms with Crippen molar-refractivity contribution in [2.24, 2.45) is 11.0 Å². The van der Waals surface area contributed by atoms with Crippen LogP contribution >= 0.6 is 0 Å². The van der Waals surface area contributed by atoms with Crippen molar-refractivity contribution < 1.29 is 4.79 Å². The summed E-state index contributed by atoms with van der Waals surface area (Å²) < 4.78 is 0. The molecule has 28 heavy (non-hydrogen) atoms. The van der Waals surface area contributed by atoms with Gasteiger partial charge in [0.1, 0.15) is 0 Å². The summed E-state index contributed by atoms with van der Waals surface area (Å²) in [5, 5.41) is 4.32. The Balaban J connectivity index is 1.58. The van der Waals surface area contributed by atoms with Crippen molar-refractivity contribution >= 4 is 11.6 Å². The zero-order valence-electron chi connectivity index (χ0n) is 17.9. The fourth-order valence-electron chi connectivity index (χ4n) is 3.48. The molecule has 0 aromatic heterocycles. The van der Waals surface area contributed by atoms with Crippen molar-refractivity contribution in [3.05, 3.63) is 70.8 Å². The molecule has 3 heteroatoms. The Morgan fingerprint density at radius 2 is 1.64 bits per heavy atom. The Labute approximate surface area is 169 Å². The van der Waals surface area contributed by atoms with Crippen molar-refractivity contribution in [2.45, 2.75) is 65.2 Å². The smallest absolute Gasteiger partial charge is 0.243 e. The summed E-state index contributed by atoms with van der Waals surface area (Å²) in [6.45, 7) is 12.9. The largest absolute Gasteiger partial charge is 0.273 e. The first-order valence-corrected chi connectivity index (χ1v) is 10.2. The summed E-state index contributed by atoms with van der Waals surface area (Å²) in [5.74, 6) is 0.869. The molecule has 0 saturated heterocycles. The molecule has 3 rings (SSSR count). The van der Waals surface area contributed by atoms with Crippen molar-refractivity contribution in [3.63, 3.8) is 0 Å². The molecule has 0 spiro atoms. The van der Waals surface area contributed by atoms with Gasteiger partial charge in [0.15, 0.2) is 0 Å². The van der Waals surface area contributed by atoms with E-state index in [1.54, 1.807) is 0 Å². The highest BCUT2D eigenvalue weighted by atomic mass is 16.2. The Bertz CT molecular complexity index is 855. The Morgan fingerprint density at radius 1 is 1.04 bits per heavy atom. The second kappa shape index (κ2) is 7.90. The van der Waals surface area contributed by atoms with Crippen molar-refractivity contribution in [3.8, 4) is 0 Å². The molecule has 2 aromatic carbocycles. The Kier molecular flexibility index (Phi) is 5.74. The molecule has 0 radical (unpaired) electrons. The summed E-state index contributed by atoms with van der Waals surface area (Å²) in [7, 11) is 0. The van der Waals surface area contributed by atoms with Crippen molar-refractivity contribution in [1.29, 1.82) is 0 Å². The summed E-state index contributed by atoms with van der Waals surface area (Å²) >= 11 is 0. The van der Waals surface area contributed by atoms with E-state index in [4.69, 9.17) is 0 Å². The van der Waals surface area contributed by atoms with Gasteiger partial charge in [-0.1, -0.05) is 83.1 Å². The van der Waals surface area contributed by atoms with Crippen LogP contribution in [0.3, 0.4) is 0 Å². The number of hydrazone groups is 1. The minimum Gasteiger partial charge on any atom is -0.273 e. The minimum atomic E-state index is 0.0167. The molecule has 2 atom stereocenters. The molecule has 1 N–H and O–H groups in total. The van der Waals surface area contributed by atoms with E-state index in [1.165, 1.54) is 16.7 Å². The minimum absolute atomic E-state index is 0.0167. The second-order valence-corrected chi connectivity index (χ2v) is 9.27. The number of nitrogens with one attached hydrogen (secondary N) is 1. The van der Waals surface area contributed by atoms with Crippen LogP contribution in [0.4, 0.5) is 0 Å². The monoisotopic (exact) mass is 376 g/mol. The van der Waals surface area contributed by atoms with Crippen LogP contribution in [0, 0.1) is 5.92 Å². The van der Waals surface area contributed by atoms with E-state index in [0.717, 1.165) is 17.7 Å². The predicted molar refractivity (Wildman–Crippen MR) is 117 cm³/mol. The van der Waals surface area contributed by atoms with Crippen LogP contribution in [0.2, 0.25) is 0 Å². The van der Waals surface area contributed by atoms with Gasteiger partial charge in [0.25, 0.3) is 0 Å². The first-order chi connectivity index (χ1) is 13.2. The molecule has 1 amide bonds. The van der Waals surface area contributed by atoms with E-state index >= 15 is 0 Å². The molecule has 148 valence electrons. The van der Waals surface area contributed by atoms with Gasteiger partial charge in [0.05, 0.1) is 5.71 Å². The number of nitrogens with zero attached hydrogens (tertiary/aromatic N) is 1. The van der Waals surface area contributed by atoms with Gasteiger partial charge in [-0.3, -0.25) is 4.79 Å². The van der Waals surface area contributed by atoms with Crippen LogP contribution in [0.15, 0.2) is 53.6 Å². The fraction of sp³-hybridized carbons (Fsp3) is 0.440. The maximum atomic E-state index is 12.5. The maximum Gasteiger partial charge on any atom is 0.243 e. The van der Waals surface area contributed by atoms with Crippen LogP contribution < -0.4 is 5.43 Å². The van der Waals surface area contributed by atoms with Gasteiger partial charge in [-0.2, -0.15) is 5.10 Å². The van der Waals surface area contributed by atoms with E-state index in [2.05, 4.69) is 93.7 Å². The molecule has 1 aliphatic rings. The molecule has 2 unspecified atom stereocenters. The summed E-state index contributed by atoms with van der Waals surface area (Å²) in [6, 6.07) is 17.1. The average molecular weight is 377 g/mol. The fourth-order valence-corrected chi connectivity index (χ4v) is 3.48. The van der Waals surface area contributed by atoms with Crippen LogP contribution in [0.1, 0.15) is 82.1 Å². The highest BCUT2D eigenvalue weighted by Crippen LogP contribution is 2.47. The molecule has 0 bridgehead atoms. The van der Waals surface area contributed by atoms with Crippen LogP contribution in [-0.2, 0) is 10.2 Å². The van der Waals surface area contributed by atoms with E-state index < -0.39 is 0 Å². The van der Waals surface area contributed by atoms with Gasteiger partial charge in [0.2, 0.25) is 5.91 Å². The molecule has 2 aromatic rings. The number of rotatable bonds is 5. The van der Waals surface area contributed by atoms with Crippen molar-refractivity contribution in [1.82, 2.24) is 5.43 Å². The molecular formula is C25H32N2O. The SMILES string of the molecule is CC(=NNC(=O)C1CC1c1ccc(C(C)(C)C)cc1)c1ccc(C(C)C)cc1. The van der Waals surface area contributed by atoms with Gasteiger partial charge in [-0.15, -0.1) is 0 Å². The average Bonchev–Trinajstić information content (AvgIpc) is 3.46. The van der Waals surface area contributed by atoms with E-state index in [0.29, 0.717) is 11.8 Å². The summed E-state index contributed by atoms with van der Waals surface area (Å²) in [4.78, 5) is 12.5. The number of hydrogen-bond acceptors (Lipinski definition) is 2. The second-order valence-electron chi connectivity index (χ2n) is 9.27. The molecule has 1 aliphatic carbocycles. The van der Waals surface area contributed by atoms with Crippen LogP contribution in [0.25, 0.3) is 0 Å².